The van der Waals surface area contributed by atoms with Crippen LogP contribution in [0.25, 0.3) is 0 Å². The quantitative estimate of drug-likeness (QED) is 0.452. The maximum Gasteiger partial charge on any atom is 0.0646 e. The van der Waals surface area contributed by atoms with Crippen LogP contribution in [0, 0.1) is 0 Å². The second-order valence-electron chi connectivity index (χ2n) is 1.66. The van der Waals surface area contributed by atoms with Crippen LogP contribution in [0.15, 0.2) is 11.6 Å². The highest BCUT2D eigenvalue weighted by atomic mass is 32.1. The molecule has 0 amide bonds. The van der Waals surface area contributed by atoms with Gasteiger partial charge in [-0.25, -0.2) is 0 Å². The number of ether oxygens (including phenoxy) is 1. The molecule has 0 atom stereocenters. The predicted molar refractivity (Wildman–Crippen MR) is 39.5 cm³/mol. The molecule has 1 nitrogen and oxygen atoms in total. The van der Waals surface area contributed by atoms with Crippen molar-refractivity contribution in [1.29, 1.82) is 0 Å². The maximum atomic E-state index is 4.80. The summed E-state index contributed by atoms with van der Waals surface area (Å²) in [5.74, 6) is 0.823. The summed E-state index contributed by atoms with van der Waals surface area (Å²) in [6.45, 7) is 2.73. The molecule has 0 aromatic rings. The molecule has 0 aliphatic carbocycles. The fraction of sp³-hybridized carbons (Fsp3) is 0.667. The molecule has 0 saturated carbocycles. The molecular weight excluding hydrogens is 120 g/mol. The largest absolute Gasteiger partial charge is 0.381 e. The molecule has 0 heterocycles. The minimum absolute atomic E-state index is 0.701. The monoisotopic (exact) mass is 132 g/mol. The van der Waals surface area contributed by atoms with Crippen molar-refractivity contribution in [3.8, 4) is 0 Å². The van der Waals surface area contributed by atoms with Gasteiger partial charge in [0.05, 0.1) is 6.61 Å². The minimum Gasteiger partial charge on any atom is -0.381 e. The zero-order chi connectivity index (χ0) is 6.41. The Morgan fingerprint density at radius 2 is 2.38 bits per heavy atom. The van der Waals surface area contributed by atoms with Crippen LogP contribution < -0.4 is 0 Å². The van der Waals surface area contributed by atoms with Gasteiger partial charge in [0.2, 0.25) is 0 Å². The molecule has 0 aromatic carbocycles. The Balaban J connectivity index is 3.26. The van der Waals surface area contributed by atoms with Crippen molar-refractivity contribution in [2.24, 2.45) is 0 Å². The fourth-order valence-electron chi connectivity index (χ4n) is 0.290. The number of hydrogen-bond donors (Lipinski definition) is 1. The Bertz CT molecular complexity index is 78.6. The third-order valence-electron chi connectivity index (χ3n) is 0.848. The second kappa shape index (κ2) is 5.19. The molecule has 8 heavy (non-hydrogen) atoms. The third kappa shape index (κ3) is 4.22. The molecule has 0 spiro atoms. The SMILES string of the molecule is COCC=C(C)CS. The van der Waals surface area contributed by atoms with E-state index in [1.165, 1.54) is 5.57 Å². The van der Waals surface area contributed by atoms with Gasteiger partial charge in [-0.3, -0.25) is 0 Å². The average molecular weight is 132 g/mol. The molecular formula is C6H12OS. The van der Waals surface area contributed by atoms with Crippen molar-refractivity contribution < 1.29 is 4.74 Å². The van der Waals surface area contributed by atoms with Crippen LogP contribution in [0.4, 0.5) is 0 Å². The van der Waals surface area contributed by atoms with E-state index in [9.17, 15) is 0 Å². The molecule has 0 bridgehead atoms. The summed E-state index contributed by atoms with van der Waals surface area (Å²) in [6, 6.07) is 0. The molecule has 0 radical (unpaired) electrons. The van der Waals surface area contributed by atoms with Gasteiger partial charge in [0.15, 0.2) is 0 Å². The summed E-state index contributed by atoms with van der Waals surface area (Å²) in [7, 11) is 1.68. The molecule has 0 aliphatic heterocycles. The lowest BCUT2D eigenvalue weighted by Gasteiger charge is -1.92. The Hall–Kier alpha value is 0.0500. The molecule has 0 aromatic heterocycles. The average Bonchev–Trinajstić information content (AvgIpc) is 1.83. The lowest BCUT2D eigenvalue weighted by molar-refractivity contribution is 0.233. The van der Waals surface area contributed by atoms with Gasteiger partial charge in [0.1, 0.15) is 0 Å². The van der Waals surface area contributed by atoms with Crippen LogP contribution >= 0.6 is 12.6 Å². The topological polar surface area (TPSA) is 9.23 Å². The van der Waals surface area contributed by atoms with Gasteiger partial charge in [0.25, 0.3) is 0 Å². The first-order valence-corrected chi connectivity index (χ1v) is 3.20. The minimum atomic E-state index is 0.701. The fourth-order valence-corrected chi connectivity index (χ4v) is 0.419. The second-order valence-corrected chi connectivity index (χ2v) is 1.98. The van der Waals surface area contributed by atoms with Crippen molar-refractivity contribution in [3.05, 3.63) is 11.6 Å². The van der Waals surface area contributed by atoms with E-state index in [-0.39, 0.29) is 0 Å². The number of thiol groups is 1. The first kappa shape index (κ1) is 8.05. The van der Waals surface area contributed by atoms with Crippen molar-refractivity contribution in [3.63, 3.8) is 0 Å². The first-order chi connectivity index (χ1) is 3.81. The Kier molecular flexibility index (Phi) is 5.22. The number of methoxy groups -OCH3 is 1. The highest BCUT2D eigenvalue weighted by Crippen LogP contribution is 1.93. The Labute approximate surface area is 56.1 Å². The van der Waals surface area contributed by atoms with E-state index in [0.717, 1.165) is 5.75 Å². The van der Waals surface area contributed by atoms with Crippen molar-refractivity contribution >= 4 is 12.6 Å². The van der Waals surface area contributed by atoms with E-state index in [1.54, 1.807) is 7.11 Å². The maximum absolute atomic E-state index is 4.80. The summed E-state index contributed by atoms with van der Waals surface area (Å²) in [5, 5.41) is 0. The summed E-state index contributed by atoms with van der Waals surface area (Å²) >= 11 is 4.06. The Morgan fingerprint density at radius 3 is 2.75 bits per heavy atom. The number of hydrogen-bond acceptors (Lipinski definition) is 2. The van der Waals surface area contributed by atoms with Crippen LogP contribution in [0.5, 0.6) is 0 Å². The summed E-state index contributed by atoms with van der Waals surface area (Å²) in [4.78, 5) is 0. The van der Waals surface area contributed by atoms with Crippen molar-refractivity contribution in [1.82, 2.24) is 0 Å². The highest BCUT2D eigenvalue weighted by Gasteiger charge is 1.80. The summed E-state index contributed by atoms with van der Waals surface area (Å²) in [5.41, 5.74) is 1.26. The highest BCUT2D eigenvalue weighted by molar-refractivity contribution is 7.80. The van der Waals surface area contributed by atoms with Gasteiger partial charge in [0, 0.05) is 12.9 Å². The smallest absolute Gasteiger partial charge is 0.0646 e. The van der Waals surface area contributed by atoms with Crippen molar-refractivity contribution in [2.45, 2.75) is 6.92 Å². The van der Waals surface area contributed by atoms with E-state index < -0.39 is 0 Å². The molecule has 0 saturated heterocycles. The van der Waals surface area contributed by atoms with E-state index in [1.807, 2.05) is 13.0 Å². The van der Waals surface area contributed by atoms with Gasteiger partial charge in [-0.1, -0.05) is 11.6 Å². The van der Waals surface area contributed by atoms with Gasteiger partial charge < -0.3 is 4.74 Å². The third-order valence-corrected chi connectivity index (χ3v) is 1.35. The molecule has 0 N–H and O–H groups in total. The Morgan fingerprint density at radius 1 is 1.75 bits per heavy atom. The van der Waals surface area contributed by atoms with Crippen LogP contribution in [0.2, 0.25) is 0 Å². The zero-order valence-corrected chi connectivity index (χ0v) is 6.24. The lowest BCUT2D eigenvalue weighted by Crippen LogP contribution is -1.84. The van der Waals surface area contributed by atoms with Gasteiger partial charge in [-0.05, 0) is 6.92 Å². The van der Waals surface area contributed by atoms with Gasteiger partial charge in [-0.2, -0.15) is 12.6 Å². The van der Waals surface area contributed by atoms with E-state index >= 15 is 0 Å². The van der Waals surface area contributed by atoms with E-state index in [0.29, 0.717) is 6.61 Å². The lowest BCUT2D eigenvalue weighted by atomic mass is 10.3. The molecule has 0 unspecified atom stereocenters. The van der Waals surface area contributed by atoms with Crippen molar-refractivity contribution in [2.75, 3.05) is 19.5 Å². The predicted octanol–water partition coefficient (Wildman–Crippen LogP) is 1.51. The van der Waals surface area contributed by atoms with Crippen LogP contribution in [0.1, 0.15) is 6.92 Å². The van der Waals surface area contributed by atoms with E-state index in [2.05, 4.69) is 12.6 Å². The summed E-state index contributed by atoms with van der Waals surface area (Å²) < 4.78 is 4.80. The van der Waals surface area contributed by atoms with Gasteiger partial charge in [-0.15, -0.1) is 0 Å². The molecule has 0 aliphatic rings. The first-order valence-electron chi connectivity index (χ1n) is 2.56. The van der Waals surface area contributed by atoms with Crippen LogP contribution in [-0.4, -0.2) is 19.5 Å². The molecule has 0 rings (SSSR count). The van der Waals surface area contributed by atoms with E-state index in [4.69, 9.17) is 4.74 Å². The van der Waals surface area contributed by atoms with Crippen LogP contribution in [0.3, 0.4) is 0 Å². The normalized spacial score (nSPS) is 12.1. The van der Waals surface area contributed by atoms with Crippen LogP contribution in [-0.2, 0) is 4.74 Å². The number of rotatable bonds is 3. The molecule has 48 valence electrons. The zero-order valence-electron chi connectivity index (χ0n) is 5.35. The van der Waals surface area contributed by atoms with Gasteiger partial charge >= 0.3 is 0 Å². The standard InChI is InChI=1S/C6H12OS/c1-6(5-8)3-4-7-2/h3,8H,4-5H2,1-2H3. The summed E-state index contributed by atoms with van der Waals surface area (Å²) in [6.07, 6.45) is 2.02. The molecule has 2 heteroatoms. The molecule has 0 fully saturated rings.